The highest BCUT2D eigenvalue weighted by atomic mass is 35.5. The smallest absolute Gasteiger partial charge is 0.0663 e. The lowest BCUT2D eigenvalue weighted by Gasteiger charge is -2.54. The second-order valence-electron chi connectivity index (χ2n) is 6.42. The molecule has 0 bridgehead atoms. The topological polar surface area (TPSA) is 9.23 Å². The fourth-order valence-corrected chi connectivity index (χ4v) is 3.85. The van der Waals surface area contributed by atoms with Crippen LogP contribution in [0.25, 0.3) is 0 Å². The van der Waals surface area contributed by atoms with Crippen LogP contribution in [0.5, 0.6) is 0 Å². The summed E-state index contributed by atoms with van der Waals surface area (Å²) in [5.74, 6) is 0.604. The zero-order valence-corrected chi connectivity index (χ0v) is 12.3. The fourth-order valence-electron chi connectivity index (χ4n) is 3.33. The number of alkyl halides is 1. The number of rotatable bonds is 3. The van der Waals surface area contributed by atoms with Gasteiger partial charge in [-0.3, -0.25) is 0 Å². The Bertz CT molecular complexity index is 243. The molecule has 0 aromatic rings. The average Bonchev–Trinajstić information content (AvgIpc) is 2.55. The first kappa shape index (κ1) is 13.7. The molecule has 2 aliphatic carbocycles. The van der Waals surface area contributed by atoms with Gasteiger partial charge in [0.05, 0.1) is 12.2 Å². The summed E-state index contributed by atoms with van der Waals surface area (Å²) in [6.07, 6.45) is 9.91. The van der Waals surface area contributed by atoms with Crippen molar-refractivity contribution >= 4 is 11.6 Å². The second-order valence-corrected chi connectivity index (χ2v) is 6.95. The summed E-state index contributed by atoms with van der Waals surface area (Å²) in [6, 6.07) is 0. The highest BCUT2D eigenvalue weighted by Gasteiger charge is 2.54. The van der Waals surface area contributed by atoms with Gasteiger partial charge in [0.15, 0.2) is 0 Å². The summed E-state index contributed by atoms with van der Waals surface area (Å²) in [5.41, 5.74) is 0.321. The maximum atomic E-state index is 6.53. The van der Waals surface area contributed by atoms with E-state index in [9.17, 15) is 0 Å². The lowest BCUT2D eigenvalue weighted by molar-refractivity contribution is -0.150. The quantitative estimate of drug-likeness (QED) is 0.663. The molecular formula is C15H27ClO. The molecule has 1 spiro atoms. The minimum absolute atomic E-state index is 0.321. The van der Waals surface area contributed by atoms with Crippen LogP contribution < -0.4 is 0 Å². The molecule has 0 aromatic carbocycles. The normalized spacial score (nSPS) is 34.4. The maximum absolute atomic E-state index is 6.53. The molecule has 0 N–H and O–H groups in total. The largest absolute Gasteiger partial charge is 0.374 e. The van der Waals surface area contributed by atoms with Crippen molar-refractivity contribution in [2.45, 2.75) is 83.3 Å². The Balaban J connectivity index is 1.98. The number of ether oxygens (including phenoxy) is 1. The molecule has 100 valence electrons. The van der Waals surface area contributed by atoms with Crippen molar-refractivity contribution < 1.29 is 4.74 Å². The SMILES string of the molecule is CC(C)C(C)OC1CC(Cl)C12CCCCCC2. The van der Waals surface area contributed by atoms with Crippen LogP contribution in [0.15, 0.2) is 0 Å². The van der Waals surface area contributed by atoms with E-state index in [1.807, 2.05) is 0 Å². The first-order chi connectivity index (χ1) is 8.06. The van der Waals surface area contributed by atoms with Gasteiger partial charge in [0.1, 0.15) is 0 Å². The van der Waals surface area contributed by atoms with Crippen molar-refractivity contribution in [2.24, 2.45) is 11.3 Å². The van der Waals surface area contributed by atoms with Crippen LogP contribution in [0, 0.1) is 11.3 Å². The van der Waals surface area contributed by atoms with E-state index < -0.39 is 0 Å². The summed E-state index contributed by atoms with van der Waals surface area (Å²) in [5, 5.41) is 0.366. The van der Waals surface area contributed by atoms with E-state index in [-0.39, 0.29) is 0 Å². The summed E-state index contributed by atoms with van der Waals surface area (Å²) >= 11 is 6.53. The van der Waals surface area contributed by atoms with Crippen LogP contribution in [0.3, 0.4) is 0 Å². The van der Waals surface area contributed by atoms with Gasteiger partial charge in [-0.15, -0.1) is 11.6 Å². The minimum atomic E-state index is 0.321. The third kappa shape index (κ3) is 2.66. The van der Waals surface area contributed by atoms with E-state index in [2.05, 4.69) is 20.8 Å². The molecule has 2 aliphatic rings. The van der Waals surface area contributed by atoms with Crippen LogP contribution >= 0.6 is 11.6 Å². The van der Waals surface area contributed by atoms with E-state index in [0.717, 1.165) is 6.42 Å². The van der Waals surface area contributed by atoms with Crippen molar-refractivity contribution in [1.82, 2.24) is 0 Å². The van der Waals surface area contributed by atoms with Gasteiger partial charge in [0.25, 0.3) is 0 Å². The van der Waals surface area contributed by atoms with E-state index >= 15 is 0 Å². The zero-order valence-electron chi connectivity index (χ0n) is 11.5. The molecule has 2 rings (SSSR count). The molecule has 2 saturated carbocycles. The van der Waals surface area contributed by atoms with Crippen LogP contribution in [0.2, 0.25) is 0 Å². The first-order valence-electron chi connectivity index (χ1n) is 7.36. The van der Waals surface area contributed by atoms with E-state index in [4.69, 9.17) is 16.3 Å². The Labute approximate surface area is 111 Å². The van der Waals surface area contributed by atoms with Gasteiger partial charge in [0, 0.05) is 10.8 Å². The van der Waals surface area contributed by atoms with E-state index in [1.54, 1.807) is 0 Å². The van der Waals surface area contributed by atoms with Crippen LogP contribution in [0.1, 0.15) is 65.7 Å². The molecule has 0 radical (unpaired) electrons. The maximum Gasteiger partial charge on any atom is 0.0663 e. The molecule has 3 atom stereocenters. The molecular weight excluding hydrogens is 232 g/mol. The third-order valence-electron chi connectivity index (χ3n) is 5.04. The Morgan fingerprint density at radius 1 is 1.06 bits per heavy atom. The minimum Gasteiger partial charge on any atom is -0.374 e. The predicted molar refractivity (Wildman–Crippen MR) is 73.6 cm³/mol. The number of hydrogen-bond acceptors (Lipinski definition) is 1. The van der Waals surface area contributed by atoms with Gasteiger partial charge in [-0.1, -0.05) is 39.5 Å². The summed E-state index contributed by atoms with van der Waals surface area (Å²) < 4.78 is 6.28. The molecule has 2 fully saturated rings. The van der Waals surface area contributed by atoms with Crippen molar-refractivity contribution in [2.75, 3.05) is 0 Å². The van der Waals surface area contributed by atoms with Crippen LogP contribution in [0.4, 0.5) is 0 Å². The van der Waals surface area contributed by atoms with Crippen LogP contribution in [-0.4, -0.2) is 17.6 Å². The van der Waals surface area contributed by atoms with Gasteiger partial charge in [-0.25, -0.2) is 0 Å². The van der Waals surface area contributed by atoms with Gasteiger partial charge in [-0.05, 0) is 32.1 Å². The molecule has 2 heteroatoms. The molecule has 0 aromatic heterocycles. The van der Waals surface area contributed by atoms with Gasteiger partial charge < -0.3 is 4.74 Å². The first-order valence-corrected chi connectivity index (χ1v) is 7.79. The van der Waals surface area contributed by atoms with E-state index in [0.29, 0.717) is 28.9 Å². The average molecular weight is 259 g/mol. The van der Waals surface area contributed by atoms with E-state index in [1.165, 1.54) is 38.5 Å². The fraction of sp³-hybridized carbons (Fsp3) is 1.00. The van der Waals surface area contributed by atoms with Crippen molar-refractivity contribution in [3.8, 4) is 0 Å². The molecule has 0 amide bonds. The summed E-state index contributed by atoms with van der Waals surface area (Å²) in [6.45, 7) is 6.68. The zero-order chi connectivity index (χ0) is 12.5. The highest BCUT2D eigenvalue weighted by Crippen LogP contribution is 2.55. The van der Waals surface area contributed by atoms with Crippen LogP contribution in [-0.2, 0) is 4.74 Å². The van der Waals surface area contributed by atoms with Crippen molar-refractivity contribution in [3.05, 3.63) is 0 Å². The van der Waals surface area contributed by atoms with Crippen molar-refractivity contribution in [3.63, 3.8) is 0 Å². The monoisotopic (exact) mass is 258 g/mol. The number of halogens is 1. The Hall–Kier alpha value is 0.250. The lowest BCUT2D eigenvalue weighted by Crippen LogP contribution is -2.56. The standard InChI is InChI=1S/C15H27ClO/c1-11(2)12(3)17-14-10-13(16)15(14)8-6-4-5-7-9-15/h11-14H,4-10H2,1-3H3. The highest BCUT2D eigenvalue weighted by molar-refractivity contribution is 6.21. The summed E-state index contributed by atoms with van der Waals surface area (Å²) in [4.78, 5) is 0. The molecule has 1 nitrogen and oxygen atoms in total. The predicted octanol–water partition coefficient (Wildman–Crippen LogP) is 4.77. The van der Waals surface area contributed by atoms with Gasteiger partial charge >= 0.3 is 0 Å². The van der Waals surface area contributed by atoms with Gasteiger partial charge in [-0.2, -0.15) is 0 Å². The second kappa shape index (κ2) is 5.48. The molecule has 0 aliphatic heterocycles. The Kier molecular flexibility index (Phi) is 4.41. The Morgan fingerprint density at radius 3 is 2.12 bits per heavy atom. The van der Waals surface area contributed by atoms with Gasteiger partial charge in [0.2, 0.25) is 0 Å². The Morgan fingerprint density at radius 2 is 1.65 bits per heavy atom. The molecule has 3 unspecified atom stereocenters. The summed E-state index contributed by atoms with van der Waals surface area (Å²) in [7, 11) is 0. The van der Waals surface area contributed by atoms with Crippen molar-refractivity contribution in [1.29, 1.82) is 0 Å². The molecule has 0 saturated heterocycles. The number of hydrogen-bond donors (Lipinski definition) is 0. The lowest BCUT2D eigenvalue weighted by atomic mass is 9.61. The molecule has 17 heavy (non-hydrogen) atoms. The molecule has 0 heterocycles. The third-order valence-corrected chi connectivity index (χ3v) is 5.65.